The van der Waals surface area contributed by atoms with Gasteiger partial charge in [-0.1, -0.05) is 61.8 Å². The summed E-state index contributed by atoms with van der Waals surface area (Å²) in [5.74, 6) is 4.85. The molecule has 116 valence electrons. The summed E-state index contributed by atoms with van der Waals surface area (Å²) in [6.45, 7) is 21.6. The van der Waals surface area contributed by atoms with Gasteiger partial charge in [0.15, 0.2) is 0 Å². The third-order valence-electron chi connectivity index (χ3n) is 5.37. The minimum atomic E-state index is 0.768. The molecule has 0 aromatic heterocycles. The van der Waals surface area contributed by atoms with Gasteiger partial charge in [0.25, 0.3) is 0 Å². The van der Waals surface area contributed by atoms with E-state index in [1.165, 1.54) is 19.5 Å². The van der Waals surface area contributed by atoms with Crippen LogP contribution in [0.15, 0.2) is 0 Å². The van der Waals surface area contributed by atoms with Crippen LogP contribution in [0.4, 0.5) is 0 Å². The molecule has 0 bridgehead atoms. The molecule has 0 spiro atoms. The van der Waals surface area contributed by atoms with E-state index in [0.29, 0.717) is 0 Å². The Balaban J connectivity index is 4.34. The average molecular weight is 270 g/mol. The van der Waals surface area contributed by atoms with Crippen LogP contribution in [-0.4, -0.2) is 25.0 Å². The van der Waals surface area contributed by atoms with Crippen molar-refractivity contribution < 1.29 is 0 Å². The van der Waals surface area contributed by atoms with Crippen molar-refractivity contribution >= 4 is 0 Å². The lowest BCUT2D eigenvalue weighted by Gasteiger charge is -2.35. The van der Waals surface area contributed by atoms with E-state index in [9.17, 15) is 0 Å². The lowest BCUT2D eigenvalue weighted by atomic mass is 9.73. The van der Waals surface area contributed by atoms with Gasteiger partial charge in [0, 0.05) is 13.1 Å². The maximum absolute atomic E-state index is 2.51. The van der Waals surface area contributed by atoms with Crippen molar-refractivity contribution in [3.63, 3.8) is 0 Å². The van der Waals surface area contributed by atoms with E-state index in [1.54, 1.807) is 0 Å². The highest BCUT2D eigenvalue weighted by Gasteiger charge is 2.26. The normalized spacial score (nSPS) is 20.4. The minimum absolute atomic E-state index is 0.768. The van der Waals surface area contributed by atoms with Gasteiger partial charge in [-0.2, -0.15) is 0 Å². The molecule has 0 amide bonds. The third-order valence-corrected chi connectivity index (χ3v) is 5.37. The van der Waals surface area contributed by atoms with Crippen molar-refractivity contribution in [3.05, 3.63) is 0 Å². The molecule has 1 nitrogen and oxygen atoms in total. The minimum Gasteiger partial charge on any atom is -0.306 e. The van der Waals surface area contributed by atoms with Gasteiger partial charge >= 0.3 is 0 Å². The molecule has 1 heteroatoms. The van der Waals surface area contributed by atoms with Crippen LogP contribution in [0.5, 0.6) is 0 Å². The fourth-order valence-electron chi connectivity index (χ4n) is 3.24. The highest BCUT2D eigenvalue weighted by Crippen LogP contribution is 2.32. The van der Waals surface area contributed by atoms with Crippen LogP contribution in [0.25, 0.3) is 0 Å². The Kier molecular flexibility index (Phi) is 8.98. The Bertz CT molecular complexity index is 224. The summed E-state index contributed by atoms with van der Waals surface area (Å²) in [5, 5.41) is 0. The van der Waals surface area contributed by atoms with Crippen molar-refractivity contribution in [1.82, 2.24) is 4.90 Å². The summed E-state index contributed by atoms with van der Waals surface area (Å²) < 4.78 is 0. The van der Waals surface area contributed by atoms with E-state index in [-0.39, 0.29) is 0 Å². The summed E-state index contributed by atoms with van der Waals surface area (Å²) in [4.78, 5) is 2.51. The summed E-state index contributed by atoms with van der Waals surface area (Å²) in [6, 6.07) is 0. The predicted octanol–water partition coefficient (Wildman–Crippen LogP) is 5.16. The van der Waals surface area contributed by atoms with E-state index in [4.69, 9.17) is 0 Å². The van der Waals surface area contributed by atoms with E-state index in [1.807, 2.05) is 0 Å². The SMILES string of the molecule is CCC(C)C(C)C(C)C(C)C(C)CN(C)CC(C)C. The van der Waals surface area contributed by atoms with Crippen molar-refractivity contribution in [2.45, 2.75) is 61.8 Å². The molecule has 0 rings (SSSR count). The summed E-state index contributed by atoms with van der Waals surface area (Å²) in [5.41, 5.74) is 0. The molecule has 0 aromatic carbocycles. The van der Waals surface area contributed by atoms with Gasteiger partial charge in [0.2, 0.25) is 0 Å². The topological polar surface area (TPSA) is 3.24 Å². The monoisotopic (exact) mass is 269 g/mol. The fraction of sp³-hybridized carbons (Fsp3) is 1.00. The van der Waals surface area contributed by atoms with Crippen LogP contribution in [0.1, 0.15) is 61.8 Å². The van der Waals surface area contributed by atoms with Gasteiger partial charge in [-0.3, -0.25) is 0 Å². The Morgan fingerprint density at radius 1 is 0.684 bits per heavy atom. The van der Waals surface area contributed by atoms with Crippen molar-refractivity contribution in [1.29, 1.82) is 0 Å². The van der Waals surface area contributed by atoms with E-state index in [0.717, 1.165) is 35.5 Å². The van der Waals surface area contributed by atoms with Crippen molar-refractivity contribution in [3.8, 4) is 0 Å². The molecule has 0 heterocycles. The molecule has 5 unspecified atom stereocenters. The van der Waals surface area contributed by atoms with Crippen LogP contribution >= 0.6 is 0 Å². The maximum atomic E-state index is 2.51. The fourth-order valence-corrected chi connectivity index (χ4v) is 3.24. The quantitative estimate of drug-likeness (QED) is 0.558. The Hall–Kier alpha value is -0.0400. The second kappa shape index (κ2) is 9.00. The van der Waals surface area contributed by atoms with Gasteiger partial charge < -0.3 is 4.90 Å². The van der Waals surface area contributed by atoms with Gasteiger partial charge in [0.1, 0.15) is 0 Å². The van der Waals surface area contributed by atoms with Crippen LogP contribution < -0.4 is 0 Å². The molecule has 0 N–H and O–H groups in total. The molecule has 0 saturated heterocycles. The molecule has 0 aliphatic carbocycles. The molecule has 0 aliphatic rings. The number of hydrogen-bond donors (Lipinski definition) is 0. The highest BCUT2D eigenvalue weighted by molar-refractivity contribution is 4.76. The Morgan fingerprint density at radius 3 is 1.58 bits per heavy atom. The highest BCUT2D eigenvalue weighted by atomic mass is 15.1. The molecule has 0 saturated carbocycles. The van der Waals surface area contributed by atoms with Gasteiger partial charge in [-0.05, 0) is 42.6 Å². The van der Waals surface area contributed by atoms with Crippen LogP contribution in [0.3, 0.4) is 0 Å². The van der Waals surface area contributed by atoms with Crippen molar-refractivity contribution in [2.24, 2.45) is 35.5 Å². The van der Waals surface area contributed by atoms with Gasteiger partial charge in [-0.15, -0.1) is 0 Å². The van der Waals surface area contributed by atoms with Gasteiger partial charge in [-0.25, -0.2) is 0 Å². The second-order valence-corrected chi connectivity index (χ2v) is 7.56. The summed E-state index contributed by atoms with van der Waals surface area (Å²) in [7, 11) is 2.27. The Morgan fingerprint density at radius 2 is 1.16 bits per heavy atom. The van der Waals surface area contributed by atoms with Gasteiger partial charge in [0.05, 0.1) is 0 Å². The molecule has 0 aromatic rings. The van der Waals surface area contributed by atoms with Crippen LogP contribution in [0, 0.1) is 35.5 Å². The first kappa shape index (κ1) is 19.0. The zero-order chi connectivity index (χ0) is 15.2. The smallest absolute Gasteiger partial charge is 0.000673 e. The second-order valence-electron chi connectivity index (χ2n) is 7.56. The lowest BCUT2D eigenvalue weighted by Crippen LogP contribution is -2.34. The molecular formula is C18H39N. The summed E-state index contributed by atoms with van der Waals surface area (Å²) >= 11 is 0. The summed E-state index contributed by atoms with van der Waals surface area (Å²) in [6.07, 6.45) is 1.31. The molecule has 0 radical (unpaired) electrons. The first-order valence-electron chi connectivity index (χ1n) is 8.39. The molecule has 0 aliphatic heterocycles. The molecule has 5 atom stereocenters. The first-order chi connectivity index (χ1) is 8.70. The zero-order valence-electron chi connectivity index (χ0n) is 15.0. The standard InChI is InChI=1S/C18H39N/c1-10-14(4)16(6)18(8)17(7)15(5)12-19(9)11-13(2)3/h13-18H,10-12H2,1-9H3. The molecule has 0 fully saturated rings. The van der Waals surface area contributed by atoms with Crippen LogP contribution in [0.2, 0.25) is 0 Å². The Labute approximate surface area is 123 Å². The van der Waals surface area contributed by atoms with Crippen molar-refractivity contribution in [2.75, 3.05) is 20.1 Å². The number of rotatable bonds is 9. The maximum Gasteiger partial charge on any atom is 0.000673 e. The van der Waals surface area contributed by atoms with E-state index >= 15 is 0 Å². The number of nitrogens with zero attached hydrogens (tertiary/aromatic N) is 1. The molecule has 19 heavy (non-hydrogen) atoms. The molecular weight excluding hydrogens is 230 g/mol. The largest absolute Gasteiger partial charge is 0.306 e. The number of hydrogen-bond acceptors (Lipinski definition) is 1. The van der Waals surface area contributed by atoms with E-state index in [2.05, 4.69) is 67.3 Å². The van der Waals surface area contributed by atoms with Crippen LogP contribution in [-0.2, 0) is 0 Å². The first-order valence-corrected chi connectivity index (χ1v) is 8.39. The average Bonchev–Trinajstić information content (AvgIpc) is 2.33. The lowest BCUT2D eigenvalue weighted by molar-refractivity contribution is 0.137. The third kappa shape index (κ3) is 6.79. The van der Waals surface area contributed by atoms with E-state index < -0.39 is 0 Å². The predicted molar refractivity (Wildman–Crippen MR) is 88.4 cm³/mol. The zero-order valence-corrected chi connectivity index (χ0v) is 15.0.